The lowest BCUT2D eigenvalue weighted by Gasteiger charge is -2.10. The Kier molecular flexibility index (Phi) is 3.08. The van der Waals surface area contributed by atoms with E-state index in [2.05, 4.69) is 48.5 Å². The summed E-state index contributed by atoms with van der Waals surface area (Å²) in [7, 11) is -0.285. The monoisotopic (exact) mass is 293 g/mol. The number of rotatable bonds is 1. The first-order chi connectivity index (χ1) is 10.3. The van der Waals surface area contributed by atoms with Crippen molar-refractivity contribution in [3.63, 3.8) is 0 Å². The smallest absolute Gasteiger partial charge is 0.157 e. The molecule has 0 aromatic heterocycles. The third-order valence-electron chi connectivity index (χ3n) is 3.87. The molecule has 104 valence electrons. The molecule has 1 heterocycles. The number of hydrogen-bond donors (Lipinski definition) is 0. The SMILES string of the molecule is O=C1C=C(N=S2c3ccccc3-c3ccccc32)CCC1. The van der Waals surface area contributed by atoms with Gasteiger partial charge >= 0.3 is 0 Å². The Bertz CT molecular complexity index is 757. The zero-order valence-electron chi connectivity index (χ0n) is 11.6. The number of ketones is 1. The van der Waals surface area contributed by atoms with Gasteiger partial charge in [0.1, 0.15) is 0 Å². The van der Waals surface area contributed by atoms with Gasteiger partial charge in [0.05, 0.1) is 5.70 Å². The van der Waals surface area contributed by atoms with Gasteiger partial charge in [-0.2, -0.15) is 0 Å². The fraction of sp³-hybridized carbons (Fsp3) is 0.167. The average molecular weight is 293 g/mol. The topological polar surface area (TPSA) is 29.4 Å². The highest BCUT2D eigenvalue weighted by Crippen LogP contribution is 2.42. The third kappa shape index (κ3) is 2.18. The fourth-order valence-corrected chi connectivity index (χ4v) is 4.90. The molecular weight excluding hydrogens is 278 g/mol. The Morgan fingerprint density at radius 1 is 0.857 bits per heavy atom. The quantitative estimate of drug-likeness (QED) is 0.648. The number of nitrogens with zero attached hydrogens (tertiary/aromatic N) is 1. The van der Waals surface area contributed by atoms with E-state index in [1.165, 1.54) is 20.9 Å². The molecular formula is C18H15NOS. The molecule has 2 aliphatic rings. The summed E-state index contributed by atoms with van der Waals surface area (Å²) in [5, 5.41) is 0. The molecule has 0 atom stereocenters. The van der Waals surface area contributed by atoms with Crippen molar-refractivity contribution in [2.45, 2.75) is 29.1 Å². The maximum Gasteiger partial charge on any atom is 0.157 e. The Morgan fingerprint density at radius 3 is 2.10 bits per heavy atom. The predicted molar refractivity (Wildman–Crippen MR) is 85.1 cm³/mol. The van der Waals surface area contributed by atoms with Crippen LogP contribution < -0.4 is 0 Å². The summed E-state index contributed by atoms with van der Waals surface area (Å²) in [5.74, 6) is 0.212. The highest BCUT2D eigenvalue weighted by Gasteiger charge is 2.23. The minimum Gasteiger partial charge on any atom is -0.295 e. The normalized spacial score (nSPS) is 17.1. The Hall–Kier alpha value is -2.00. The first-order valence-corrected chi connectivity index (χ1v) is 8.39. The van der Waals surface area contributed by atoms with Gasteiger partial charge in [-0.15, -0.1) is 0 Å². The van der Waals surface area contributed by atoms with Gasteiger partial charge in [0.25, 0.3) is 0 Å². The Morgan fingerprint density at radius 2 is 1.48 bits per heavy atom. The van der Waals surface area contributed by atoms with Crippen LogP contribution in [-0.4, -0.2) is 5.78 Å². The molecule has 1 aliphatic heterocycles. The van der Waals surface area contributed by atoms with Gasteiger partial charge in [-0.05, 0) is 46.8 Å². The second-order valence-corrected chi connectivity index (χ2v) is 6.96. The third-order valence-corrected chi connectivity index (χ3v) is 5.84. The largest absolute Gasteiger partial charge is 0.295 e. The van der Waals surface area contributed by atoms with Crippen LogP contribution in [0.3, 0.4) is 0 Å². The standard InChI is InChI=1S/C18H15NOS/c20-14-7-5-6-13(12-14)19-21-17-10-3-1-8-15(17)16-9-2-4-11-18(16)21/h1-4,8-12H,5-7H2. The van der Waals surface area contributed by atoms with Crippen molar-refractivity contribution >= 4 is 16.5 Å². The van der Waals surface area contributed by atoms with E-state index in [4.69, 9.17) is 4.36 Å². The van der Waals surface area contributed by atoms with Crippen molar-refractivity contribution in [2.75, 3.05) is 0 Å². The number of hydrogen-bond acceptors (Lipinski definition) is 2. The van der Waals surface area contributed by atoms with Crippen LogP contribution in [-0.2, 0) is 15.5 Å². The van der Waals surface area contributed by atoms with Crippen LogP contribution in [0.2, 0.25) is 0 Å². The minimum atomic E-state index is -0.285. The molecule has 0 fully saturated rings. The summed E-state index contributed by atoms with van der Waals surface area (Å²) >= 11 is 0. The van der Waals surface area contributed by atoms with Gasteiger partial charge in [0.2, 0.25) is 0 Å². The van der Waals surface area contributed by atoms with E-state index in [1.54, 1.807) is 6.08 Å². The zero-order valence-corrected chi connectivity index (χ0v) is 12.4. The van der Waals surface area contributed by atoms with E-state index >= 15 is 0 Å². The molecule has 2 aromatic carbocycles. The molecule has 0 bridgehead atoms. The van der Waals surface area contributed by atoms with Gasteiger partial charge in [-0.1, -0.05) is 36.4 Å². The molecule has 0 amide bonds. The number of fused-ring (bicyclic) bond motifs is 3. The van der Waals surface area contributed by atoms with Crippen LogP contribution in [0.25, 0.3) is 11.1 Å². The molecule has 0 radical (unpaired) electrons. The van der Waals surface area contributed by atoms with Crippen molar-refractivity contribution in [1.29, 1.82) is 0 Å². The number of carbonyl (C=O) groups excluding carboxylic acids is 1. The van der Waals surface area contributed by atoms with Crippen LogP contribution in [0.5, 0.6) is 0 Å². The molecule has 2 nitrogen and oxygen atoms in total. The average Bonchev–Trinajstić information content (AvgIpc) is 2.83. The van der Waals surface area contributed by atoms with E-state index < -0.39 is 0 Å². The van der Waals surface area contributed by atoms with E-state index in [0.717, 1.165) is 18.5 Å². The van der Waals surface area contributed by atoms with Crippen molar-refractivity contribution in [3.05, 3.63) is 60.3 Å². The van der Waals surface area contributed by atoms with Crippen molar-refractivity contribution < 1.29 is 4.79 Å². The lowest BCUT2D eigenvalue weighted by atomic mass is 10.0. The van der Waals surface area contributed by atoms with Crippen LogP contribution in [0.4, 0.5) is 0 Å². The molecule has 0 spiro atoms. The summed E-state index contributed by atoms with van der Waals surface area (Å²) < 4.78 is 4.94. The number of carbonyl (C=O) groups is 1. The summed E-state index contributed by atoms with van der Waals surface area (Å²) in [6.07, 6.45) is 4.24. The Labute approximate surface area is 126 Å². The minimum absolute atomic E-state index is 0.212. The summed E-state index contributed by atoms with van der Waals surface area (Å²) in [6, 6.07) is 16.9. The maximum absolute atomic E-state index is 11.6. The van der Waals surface area contributed by atoms with E-state index in [0.29, 0.717) is 6.42 Å². The Balaban J connectivity index is 1.91. The van der Waals surface area contributed by atoms with Crippen molar-refractivity contribution in [3.8, 4) is 11.1 Å². The molecule has 3 heteroatoms. The maximum atomic E-state index is 11.6. The first-order valence-electron chi connectivity index (χ1n) is 7.21. The van der Waals surface area contributed by atoms with E-state index in [1.807, 2.05) is 0 Å². The molecule has 2 aromatic rings. The lowest BCUT2D eigenvalue weighted by molar-refractivity contribution is -0.115. The zero-order chi connectivity index (χ0) is 14.2. The second-order valence-electron chi connectivity index (χ2n) is 5.32. The highest BCUT2D eigenvalue weighted by molar-refractivity contribution is 7.88. The van der Waals surface area contributed by atoms with Crippen LogP contribution in [0, 0.1) is 0 Å². The number of allylic oxidation sites excluding steroid dienone is 2. The molecule has 4 rings (SSSR count). The van der Waals surface area contributed by atoms with Crippen molar-refractivity contribution in [1.82, 2.24) is 0 Å². The number of benzene rings is 2. The van der Waals surface area contributed by atoms with Crippen LogP contribution in [0.15, 0.2) is 74.5 Å². The lowest BCUT2D eigenvalue weighted by Crippen LogP contribution is -2.02. The van der Waals surface area contributed by atoms with Crippen molar-refractivity contribution in [2.24, 2.45) is 4.36 Å². The van der Waals surface area contributed by atoms with Gasteiger partial charge in [-0.3, -0.25) is 4.79 Å². The van der Waals surface area contributed by atoms with E-state index in [9.17, 15) is 4.79 Å². The second kappa shape index (κ2) is 5.08. The van der Waals surface area contributed by atoms with Gasteiger partial charge in [0.15, 0.2) is 5.78 Å². The van der Waals surface area contributed by atoms with Crippen LogP contribution in [0.1, 0.15) is 19.3 Å². The summed E-state index contributed by atoms with van der Waals surface area (Å²) in [4.78, 5) is 14.2. The molecule has 1 aliphatic carbocycles. The fourth-order valence-electron chi connectivity index (χ4n) is 2.90. The van der Waals surface area contributed by atoms with E-state index in [-0.39, 0.29) is 16.5 Å². The molecule has 0 N–H and O–H groups in total. The first kappa shape index (κ1) is 12.7. The van der Waals surface area contributed by atoms with Gasteiger partial charge in [0, 0.05) is 22.3 Å². The molecule has 0 saturated carbocycles. The highest BCUT2D eigenvalue weighted by atomic mass is 32.2. The van der Waals surface area contributed by atoms with Crippen LogP contribution >= 0.6 is 0 Å². The molecule has 0 saturated heterocycles. The molecule has 0 unspecified atom stereocenters. The molecule has 21 heavy (non-hydrogen) atoms. The van der Waals surface area contributed by atoms with Gasteiger partial charge in [-0.25, -0.2) is 4.36 Å². The van der Waals surface area contributed by atoms with Gasteiger partial charge < -0.3 is 0 Å². The summed E-state index contributed by atoms with van der Waals surface area (Å²) in [6.45, 7) is 0. The summed E-state index contributed by atoms with van der Waals surface area (Å²) in [5.41, 5.74) is 3.52. The predicted octanol–water partition coefficient (Wildman–Crippen LogP) is 4.52.